The highest BCUT2D eigenvalue weighted by Crippen LogP contribution is 2.22. The Kier molecular flexibility index (Phi) is 6.44. The van der Waals surface area contributed by atoms with E-state index in [9.17, 15) is 24.8 Å². The second kappa shape index (κ2) is 7.84. The number of carbonyl (C=O) groups excluding carboxylic acids is 2. The predicted molar refractivity (Wildman–Crippen MR) is 77.4 cm³/mol. The molecule has 0 radical (unpaired) electrons. The maximum atomic E-state index is 12.0. The summed E-state index contributed by atoms with van der Waals surface area (Å²) in [6, 6.07) is 2.19. The van der Waals surface area contributed by atoms with E-state index in [4.69, 9.17) is 11.6 Å². The number of carbonyl (C=O) groups is 2. The molecule has 0 aliphatic rings. The number of carboxylic acids is 1. The molecule has 7 nitrogen and oxygen atoms in total. The summed E-state index contributed by atoms with van der Waals surface area (Å²) in [4.78, 5) is 32.8. The first kappa shape index (κ1) is 17.3. The van der Waals surface area contributed by atoms with Crippen LogP contribution in [0, 0.1) is 10.1 Å². The second-order valence-corrected chi connectivity index (χ2v) is 5.44. The van der Waals surface area contributed by atoms with E-state index in [2.05, 4.69) is 5.32 Å². The minimum atomic E-state index is -1.39. The van der Waals surface area contributed by atoms with E-state index in [-0.39, 0.29) is 22.7 Å². The van der Waals surface area contributed by atoms with E-state index >= 15 is 0 Å². The molecule has 1 aromatic rings. The highest BCUT2D eigenvalue weighted by atomic mass is 35.5. The number of nitro benzene ring substituents is 1. The molecule has 1 N–H and O–H groups in total. The number of carboxylic acid groups (broad SMARTS) is 1. The molecule has 0 bridgehead atoms. The molecule has 0 heterocycles. The number of amides is 1. The summed E-state index contributed by atoms with van der Waals surface area (Å²) in [5.74, 6) is -1.58. The van der Waals surface area contributed by atoms with Gasteiger partial charge in [0.25, 0.3) is 11.6 Å². The van der Waals surface area contributed by atoms with Crippen molar-refractivity contribution < 1.29 is 19.6 Å². The van der Waals surface area contributed by atoms with Crippen LogP contribution in [0.15, 0.2) is 18.2 Å². The molecular weight excluding hydrogens is 320 g/mol. The molecule has 1 atom stereocenters. The number of nitrogens with one attached hydrogen (secondary N) is 1. The number of nitro groups is 1. The lowest BCUT2D eigenvalue weighted by molar-refractivity contribution is -0.384. The minimum Gasteiger partial charge on any atom is -0.548 e. The van der Waals surface area contributed by atoms with Crippen LogP contribution < -0.4 is 10.4 Å². The van der Waals surface area contributed by atoms with E-state index in [0.29, 0.717) is 5.75 Å². The van der Waals surface area contributed by atoms with Crippen LogP contribution in [0.4, 0.5) is 5.69 Å². The quantitative estimate of drug-likeness (QED) is 0.585. The van der Waals surface area contributed by atoms with Crippen molar-refractivity contribution in [2.24, 2.45) is 0 Å². The average Bonchev–Trinajstić information content (AvgIpc) is 2.42. The monoisotopic (exact) mass is 331 g/mol. The number of halogens is 1. The Bertz CT molecular complexity index is 567. The average molecular weight is 332 g/mol. The zero-order valence-electron chi connectivity index (χ0n) is 11.0. The number of thioether (sulfide) groups is 1. The number of nitrogens with zero attached hydrogens (tertiary/aromatic N) is 1. The van der Waals surface area contributed by atoms with E-state index in [1.807, 2.05) is 0 Å². The Morgan fingerprint density at radius 2 is 2.14 bits per heavy atom. The highest BCUT2D eigenvalue weighted by Gasteiger charge is 2.18. The third-order valence-electron chi connectivity index (χ3n) is 2.61. The van der Waals surface area contributed by atoms with E-state index in [0.717, 1.165) is 12.1 Å². The van der Waals surface area contributed by atoms with Gasteiger partial charge < -0.3 is 15.2 Å². The molecule has 0 aromatic heterocycles. The first-order valence-corrected chi connectivity index (χ1v) is 7.58. The van der Waals surface area contributed by atoms with Gasteiger partial charge in [0.15, 0.2) is 0 Å². The maximum Gasteiger partial charge on any atom is 0.270 e. The van der Waals surface area contributed by atoms with E-state index < -0.39 is 22.8 Å². The topological polar surface area (TPSA) is 112 Å². The van der Waals surface area contributed by atoms with Gasteiger partial charge in [-0.2, -0.15) is 11.8 Å². The number of hydrogen-bond acceptors (Lipinski definition) is 6. The number of hydrogen-bond donors (Lipinski definition) is 1. The molecule has 1 amide bonds. The van der Waals surface area contributed by atoms with Crippen LogP contribution in [0.3, 0.4) is 0 Å². The number of aliphatic carboxylic acids is 1. The third kappa shape index (κ3) is 4.91. The Hall–Kier alpha value is -1.80. The van der Waals surface area contributed by atoms with Gasteiger partial charge in [-0.3, -0.25) is 14.9 Å². The Morgan fingerprint density at radius 3 is 2.62 bits per heavy atom. The van der Waals surface area contributed by atoms with Gasteiger partial charge in [0, 0.05) is 12.1 Å². The number of non-ortho nitro benzene ring substituents is 1. The minimum absolute atomic E-state index is 0.0299. The Balaban J connectivity index is 2.87. The first-order chi connectivity index (χ1) is 9.86. The van der Waals surface area contributed by atoms with Crippen LogP contribution in [0.5, 0.6) is 0 Å². The van der Waals surface area contributed by atoms with Crippen LogP contribution >= 0.6 is 23.4 Å². The van der Waals surface area contributed by atoms with Crippen molar-refractivity contribution in [1.82, 2.24) is 5.32 Å². The molecule has 0 saturated heterocycles. The summed E-state index contributed by atoms with van der Waals surface area (Å²) in [6.45, 7) is 0. The molecule has 1 rings (SSSR count). The molecule has 0 aliphatic carbocycles. The van der Waals surface area contributed by atoms with E-state index in [1.165, 1.54) is 17.8 Å². The van der Waals surface area contributed by atoms with Gasteiger partial charge in [-0.05, 0) is 24.5 Å². The summed E-state index contributed by atoms with van der Waals surface area (Å²) in [6.07, 6.45) is 2.02. The van der Waals surface area contributed by atoms with Gasteiger partial charge in [-0.15, -0.1) is 0 Å². The van der Waals surface area contributed by atoms with Crippen molar-refractivity contribution in [3.05, 3.63) is 38.9 Å². The molecule has 0 aliphatic heterocycles. The fraction of sp³-hybridized carbons (Fsp3) is 0.333. The Morgan fingerprint density at radius 1 is 1.48 bits per heavy atom. The zero-order valence-corrected chi connectivity index (χ0v) is 12.6. The van der Waals surface area contributed by atoms with Gasteiger partial charge in [0.1, 0.15) is 0 Å². The van der Waals surface area contributed by atoms with Crippen LogP contribution in [-0.4, -0.2) is 34.9 Å². The summed E-state index contributed by atoms with van der Waals surface area (Å²) < 4.78 is 0. The lowest BCUT2D eigenvalue weighted by Gasteiger charge is -2.19. The SMILES string of the molecule is CSCC[C@@H](NC(=O)c1ccc([N+](=O)[O-])cc1Cl)C(=O)[O-]. The molecule has 0 saturated carbocycles. The standard InChI is InChI=1S/C12H13ClN2O5S/c1-21-5-4-10(12(17)18)14-11(16)8-3-2-7(15(19)20)6-9(8)13/h2-3,6,10H,4-5H2,1H3,(H,14,16)(H,17,18)/p-1/t10-/m1/s1. The number of rotatable bonds is 7. The Labute approximate surface area is 129 Å². The molecule has 1 aromatic carbocycles. The highest BCUT2D eigenvalue weighted by molar-refractivity contribution is 7.98. The summed E-state index contributed by atoms with van der Waals surface area (Å²) in [5.41, 5.74) is -0.284. The molecule has 0 unspecified atom stereocenters. The lowest BCUT2D eigenvalue weighted by atomic mass is 10.1. The summed E-state index contributed by atoms with van der Waals surface area (Å²) >= 11 is 7.24. The van der Waals surface area contributed by atoms with Crippen LogP contribution in [0.1, 0.15) is 16.8 Å². The normalized spacial score (nSPS) is 11.7. The molecule has 9 heteroatoms. The fourth-order valence-corrected chi connectivity index (χ4v) is 2.25. The molecular formula is C12H12ClN2O5S-. The third-order valence-corrected chi connectivity index (χ3v) is 3.57. The largest absolute Gasteiger partial charge is 0.548 e. The van der Waals surface area contributed by atoms with Crippen LogP contribution in [-0.2, 0) is 4.79 Å². The van der Waals surface area contributed by atoms with Crippen molar-refractivity contribution in [2.75, 3.05) is 12.0 Å². The van der Waals surface area contributed by atoms with Gasteiger partial charge in [0.05, 0.1) is 27.5 Å². The summed E-state index contributed by atoms with van der Waals surface area (Å²) in [5, 5.41) is 23.7. The van der Waals surface area contributed by atoms with Crippen molar-refractivity contribution in [3.8, 4) is 0 Å². The van der Waals surface area contributed by atoms with Crippen molar-refractivity contribution in [3.63, 3.8) is 0 Å². The van der Waals surface area contributed by atoms with Crippen molar-refractivity contribution in [2.45, 2.75) is 12.5 Å². The first-order valence-electron chi connectivity index (χ1n) is 5.81. The zero-order chi connectivity index (χ0) is 16.0. The molecule has 0 spiro atoms. The van der Waals surface area contributed by atoms with Crippen LogP contribution in [0.2, 0.25) is 5.02 Å². The lowest BCUT2D eigenvalue weighted by Crippen LogP contribution is -2.48. The van der Waals surface area contributed by atoms with E-state index in [1.54, 1.807) is 6.26 Å². The number of benzene rings is 1. The van der Waals surface area contributed by atoms with Crippen molar-refractivity contribution >= 4 is 40.9 Å². The van der Waals surface area contributed by atoms with Gasteiger partial charge in [-0.25, -0.2) is 0 Å². The predicted octanol–water partition coefficient (Wildman–Crippen LogP) is 0.850. The fourth-order valence-electron chi connectivity index (χ4n) is 1.52. The smallest absolute Gasteiger partial charge is 0.270 e. The van der Waals surface area contributed by atoms with Crippen molar-refractivity contribution in [1.29, 1.82) is 0 Å². The van der Waals surface area contributed by atoms with Gasteiger partial charge in [-0.1, -0.05) is 11.6 Å². The molecule has 0 fully saturated rings. The second-order valence-electron chi connectivity index (χ2n) is 4.05. The molecule has 114 valence electrons. The maximum absolute atomic E-state index is 12.0. The van der Waals surface area contributed by atoms with Crippen LogP contribution in [0.25, 0.3) is 0 Å². The molecule has 21 heavy (non-hydrogen) atoms. The van der Waals surface area contributed by atoms with Gasteiger partial charge >= 0.3 is 0 Å². The summed E-state index contributed by atoms with van der Waals surface area (Å²) in [7, 11) is 0. The van der Waals surface area contributed by atoms with Gasteiger partial charge in [0.2, 0.25) is 0 Å².